The summed E-state index contributed by atoms with van der Waals surface area (Å²) in [6.07, 6.45) is 2.12. The molecule has 0 spiro atoms. The van der Waals surface area contributed by atoms with E-state index in [1.807, 2.05) is 0 Å². The van der Waals surface area contributed by atoms with Gasteiger partial charge in [-0.25, -0.2) is 4.79 Å². The van der Waals surface area contributed by atoms with Crippen molar-refractivity contribution < 1.29 is 19.0 Å². The van der Waals surface area contributed by atoms with Crippen molar-refractivity contribution >= 4 is 11.7 Å². The summed E-state index contributed by atoms with van der Waals surface area (Å²) in [5.41, 5.74) is 0.622. The van der Waals surface area contributed by atoms with Crippen LogP contribution in [0.25, 0.3) is 0 Å². The van der Waals surface area contributed by atoms with Crippen molar-refractivity contribution in [1.82, 2.24) is 4.90 Å². The normalized spacial score (nSPS) is 14.1. The zero-order valence-corrected chi connectivity index (χ0v) is 12.1. The number of nitrogens with zero attached hydrogens (tertiary/aromatic N) is 1. The SMILES string of the molecule is COc1cc(NC(=O)N2CCCC2)cc(OC)c1OC. The maximum atomic E-state index is 12.1. The van der Waals surface area contributed by atoms with Gasteiger partial charge in [0, 0.05) is 25.2 Å². The van der Waals surface area contributed by atoms with Gasteiger partial charge in [-0.2, -0.15) is 0 Å². The third-order valence-electron chi connectivity index (χ3n) is 3.31. The summed E-state index contributed by atoms with van der Waals surface area (Å²) >= 11 is 0. The molecular formula is C14H20N2O4. The van der Waals surface area contributed by atoms with E-state index in [4.69, 9.17) is 14.2 Å². The topological polar surface area (TPSA) is 60.0 Å². The van der Waals surface area contributed by atoms with Crippen LogP contribution in [0.15, 0.2) is 12.1 Å². The van der Waals surface area contributed by atoms with Gasteiger partial charge < -0.3 is 24.4 Å². The minimum Gasteiger partial charge on any atom is -0.493 e. The first-order chi connectivity index (χ1) is 9.69. The number of anilines is 1. The Balaban J connectivity index is 2.21. The zero-order valence-electron chi connectivity index (χ0n) is 12.1. The second-order valence-electron chi connectivity index (χ2n) is 4.54. The number of hydrogen-bond donors (Lipinski definition) is 1. The van der Waals surface area contributed by atoms with Crippen molar-refractivity contribution in [3.8, 4) is 17.2 Å². The molecule has 1 aromatic rings. The maximum absolute atomic E-state index is 12.1. The Morgan fingerprint density at radius 3 is 2.05 bits per heavy atom. The lowest BCUT2D eigenvalue weighted by molar-refractivity contribution is 0.222. The molecule has 0 aliphatic carbocycles. The molecule has 0 bridgehead atoms. The van der Waals surface area contributed by atoms with Crippen LogP contribution in [0.2, 0.25) is 0 Å². The minimum atomic E-state index is -0.100. The van der Waals surface area contributed by atoms with Gasteiger partial charge in [-0.15, -0.1) is 0 Å². The molecule has 0 saturated carbocycles. The molecule has 2 rings (SSSR count). The number of carbonyl (C=O) groups is 1. The predicted octanol–water partition coefficient (Wildman–Crippen LogP) is 2.34. The molecule has 1 heterocycles. The Bertz CT molecular complexity index is 459. The van der Waals surface area contributed by atoms with Crippen LogP contribution in [-0.2, 0) is 0 Å². The average molecular weight is 280 g/mol. The molecule has 0 atom stereocenters. The van der Waals surface area contributed by atoms with Gasteiger partial charge in [0.1, 0.15) is 0 Å². The van der Waals surface area contributed by atoms with Gasteiger partial charge in [-0.1, -0.05) is 0 Å². The lowest BCUT2D eigenvalue weighted by Gasteiger charge is -2.18. The number of ether oxygens (including phenoxy) is 3. The summed E-state index contributed by atoms with van der Waals surface area (Å²) < 4.78 is 15.8. The van der Waals surface area contributed by atoms with E-state index in [1.165, 1.54) is 0 Å². The molecule has 1 N–H and O–H groups in total. The lowest BCUT2D eigenvalue weighted by atomic mass is 10.2. The molecule has 1 saturated heterocycles. The fourth-order valence-corrected chi connectivity index (χ4v) is 2.28. The highest BCUT2D eigenvalue weighted by Crippen LogP contribution is 2.39. The fourth-order valence-electron chi connectivity index (χ4n) is 2.28. The van der Waals surface area contributed by atoms with Crippen LogP contribution in [0.4, 0.5) is 10.5 Å². The van der Waals surface area contributed by atoms with E-state index in [0.717, 1.165) is 25.9 Å². The van der Waals surface area contributed by atoms with Crippen molar-refractivity contribution in [2.24, 2.45) is 0 Å². The smallest absolute Gasteiger partial charge is 0.321 e. The number of likely N-dealkylation sites (tertiary alicyclic amines) is 1. The molecule has 6 nitrogen and oxygen atoms in total. The van der Waals surface area contributed by atoms with E-state index >= 15 is 0 Å². The lowest BCUT2D eigenvalue weighted by Crippen LogP contribution is -2.32. The van der Waals surface area contributed by atoms with Crippen LogP contribution in [0.1, 0.15) is 12.8 Å². The summed E-state index contributed by atoms with van der Waals surface area (Å²) in [4.78, 5) is 13.9. The molecule has 20 heavy (non-hydrogen) atoms. The van der Waals surface area contributed by atoms with Gasteiger partial charge in [0.2, 0.25) is 5.75 Å². The number of rotatable bonds is 4. The largest absolute Gasteiger partial charge is 0.493 e. The monoisotopic (exact) mass is 280 g/mol. The average Bonchev–Trinajstić information content (AvgIpc) is 3.00. The molecule has 0 unspecified atom stereocenters. The molecule has 1 aromatic carbocycles. The van der Waals surface area contributed by atoms with Gasteiger partial charge in [-0.05, 0) is 12.8 Å². The van der Waals surface area contributed by atoms with Crippen LogP contribution in [0.5, 0.6) is 17.2 Å². The van der Waals surface area contributed by atoms with Crippen molar-refractivity contribution in [2.75, 3.05) is 39.7 Å². The number of methoxy groups -OCH3 is 3. The second kappa shape index (κ2) is 6.36. The molecule has 1 aliphatic heterocycles. The van der Waals surface area contributed by atoms with E-state index in [9.17, 15) is 4.79 Å². The van der Waals surface area contributed by atoms with E-state index < -0.39 is 0 Å². The number of urea groups is 1. The van der Waals surface area contributed by atoms with Gasteiger partial charge in [0.15, 0.2) is 11.5 Å². The van der Waals surface area contributed by atoms with Crippen molar-refractivity contribution in [2.45, 2.75) is 12.8 Å². The van der Waals surface area contributed by atoms with Crippen molar-refractivity contribution in [1.29, 1.82) is 0 Å². The maximum Gasteiger partial charge on any atom is 0.321 e. The Labute approximate surface area is 118 Å². The third kappa shape index (κ3) is 2.89. The number of amides is 2. The summed E-state index contributed by atoms with van der Waals surface area (Å²) in [5.74, 6) is 1.54. The Hall–Kier alpha value is -2.11. The van der Waals surface area contributed by atoms with Gasteiger partial charge in [-0.3, -0.25) is 0 Å². The quantitative estimate of drug-likeness (QED) is 0.919. The molecule has 0 aromatic heterocycles. The van der Waals surface area contributed by atoms with E-state index in [-0.39, 0.29) is 6.03 Å². The number of nitrogens with one attached hydrogen (secondary N) is 1. The Morgan fingerprint density at radius 2 is 1.60 bits per heavy atom. The Kier molecular flexibility index (Phi) is 4.55. The summed E-state index contributed by atoms with van der Waals surface area (Å²) in [7, 11) is 4.63. The fraction of sp³-hybridized carbons (Fsp3) is 0.500. The van der Waals surface area contributed by atoms with Crippen LogP contribution >= 0.6 is 0 Å². The minimum absolute atomic E-state index is 0.100. The van der Waals surface area contributed by atoms with E-state index in [0.29, 0.717) is 22.9 Å². The molecular weight excluding hydrogens is 260 g/mol. The van der Waals surface area contributed by atoms with Crippen LogP contribution in [0, 0.1) is 0 Å². The summed E-state index contributed by atoms with van der Waals surface area (Å²) in [5, 5.41) is 2.86. The molecule has 2 amide bonds. The van der Waals surface area contributed by atoms with Gasteiger partial charge >= 0.3 is 6.03 Å². The molecule has 110 valence electrons. The predicted molar refractivity (Wildman–Crippen MR) is 75.9 cm³/mol. The molecule has 1 aliphatic rings. The molecule has 0 radical (unpaired) electrons. The molecule has 6 heteroatoms. The third-order valence-corrected chi connectivity index (χ3v) is 3.31. The summed E-state index contributed by atoms with van der Waals surface area (Å²) in [6.45, 7) is 1.60. The highest BCUT2D eigenvalue weighted by atomic mass is 16.5. The van der Waals surface area contributed by atoms with Crippen LogP contribution in [-0.4, -0.2) is 45.3 Å². The van der Waals surface area contributed by atoms with Crippen LogP contribution in [0.3, 0.4) is 0 Å². The van der Waals surface area contributed by atoms with E-state index in [2.05, 4.69) is 5.32 Å². The first kappa shape index (κ1) is 14.3. The highest BCUT2D eigenvalue weighted by Gasteiger charge is 2.19. The first-order valence-corrected chi connectivity index (χ1v) is 6.55. The standard InChI is InChI=1S/C14H20N2O4/c1-18-11-8-10(9-12(19-2)13(11)20-3)15-14(17)16-6-4-5-7-16/h8-9H,4-7H2,1-3H3,(H,15,17). The number of benzene rings is 1. The van der Waals surface area contributed by atoms with Crippen molar-refractivity contribution in [3.05, 3.63) is 12.1 Å². The Morgan fingerprint density at radius 1 is 1.05 bits per heavy atom. The van der Waals surface area contributed by atoms with Gasteiger partial charge in [0.05, 0.1) is 27.0 Å². The summed E-state index contributed by atoms with van der Waals surface area (Å²) in [6, 6.07) is 3.33. The van der Waals surface area contributed by atoms with Crippen LogP contribution < -0.4 is 19.5 Å². The number of hydrogen-bond acceptors (Lipinski definition) is 4. The first-order valence-electron chi connectivity index (χ1n) is 6.55. The zero-order chi connectivity index (χ0) is 14.5. The highest BCUT2D eigenvalue weighted by molar-refractivity contribution is 5.90. The number of carbonyl (C=O) groups excluding carboxylic acids is 1. The van der Waals surface area contributed by atoms with Crippen molar-refractivity contribution in [3.63, 3.8) is 0 Å². The van der Waals surface area contributed by atoms with Gasteiger partial charge in [0.25, 0.3) is 0 Å². The second-order valence-corrected chi connectivity index (χ2v) is 4.54. The van der Waals surface area contributed by atoms with E-state index in [1.54, 1.807) is 38.4 Å². The molecule has 1 fully saturated rings.